The van der Waals surface area contributed by atoms with Gasteiger partial charge in [0.2, 0.25) is 5.69 Å². The molecule has 0 aliphatic rings. The minimum Gasteiger partial charge on any atom is -0.200 e. The molecule has 0 bridgehead atoms. The van der Waals surface area contributed by atoms with Crippen LogP contribution >= 0.6 is 0 Å². The van der Waals surface area contributed by atoms with E-state index in [0.717, 1.165) is 17.8 Å². The summed E-state index contributed by atoms with van der Waals surface area (Å²) in [5.74, 6) is 2.21. The van der Waals surface area contributed by atoms with Gasteiger partial charge in [-0.2, -0.15) is 0 Å². The first-order valence-corrected chi connectivity index (χ1v) is 16.4. The van der Waals surface area contributed by atoms with E-state index in [1.54, 1.807) is 5.19 Å². The average Bonchev–Trinajstić information content (AvgIpc) is 2.71. The molecule has 0 fully saturated rings. The quantitative estimate of drug-likeness (QED) is 0.221. The summed E-state index contributed by atoms with van der Waals surface area (Å²) >= 11 is 0. The van der Waals surface area contributed by atoms with E-state index < -0.39 is 8.07 Å². The molecule has 0 N–H and O–H groups in total. The van der Waals surface area contributed by atoms with E-state index >= 15 is 0 Å². The molecule has 190 valence electrons. The Morgan fingerprint density at radius 1 is 0.771 bits per heavy atom. The zero-order valence-corrected chi connectivity index (χ0v) is 25.4. The van der Waals surface area contributed by atoms with Crippen LogP contribution in [-0.2, 0) is 12.5 Å². The maximum atomic E-state index is 2.58. The molecule has 3 aromatic rings. The first-order valence-electron chi connectivity index (χ1n) is 13.8. The number of hydrogen-bond donors (Lipinski definition) is 0. The molecule has 0 spiro atoms. The highest BCUT2D eigenvalue weighted by Crippen LogP contribution is 2.35. The van der Waals surface area contributed by atoms with Crippen LogP contribution in [-0.4, -0.2) is 8.07 Å². The van der Waals surface area contributed by atoms with Crippen molar-refractivity contribution in [1.29, 1.82) is 0 Å². The van der Waals surface area contributed by atoms with Gasteiger partial charge < -0.3 is 0 Å². The van der Waals surface area contributed by atoms with Gasteiger partial charge in [0.05, 0.1) is 13.5 Å². The van der Waals surface area contributed by atoms with E-state index in [-0.39, 0.29) is 5.41 Å². The number of aromatic nitrogens is 1. The Kier molecular flexibility index (Phi) is 8.36. The first kappa shape index (κ1) is 27.7. The maximum Gasteiger partial charge on any atom is 0.220 e. The average molecular weight is 489 g/mol. The predicted molar refractivity (Wildman–Crippen MR) is 158 cm³/mol. The highest BCUT2D eigenvalue weighted by atomic mass is 28.3. The molecule has 0 amide bonds. The van der Waals surface area contributed by atoms with Crippen LogP contribution in [0, 0.1) is 24.7 Å². The molecule has 0 saturated heterocycles. The standard InChI is InChI=1S/C33H50NSi/c1-23(2)20-35(21-24(3)4,22-25(5)6)29-14-15-30-27(18-29)16-17-34(11)32(30)31-19-28(33(8,9)10)13-12-26(31)7/h12-19,23-25H,20-22H2,1-11H3/q+1. The van der Waals surface area contributed by atoms with Gasteiger partial charge in [-0.15, -0.1) is 0 Å². The summed E-state index contributed by atoms with van der Waals surface area (Å²) in [6.07, 6.45) is 2.27. The van der Waals surface area contributed by atoms with Crippen molar-refractivity contribution in [3.8, 4) is 11.3 Å². The molecule has 1 nitrogen and oxygen atoms in total. The number of pyridine rings is 1. The Morgan fingerprint density at radius 3 is 1.86 bits per heavy atom. The van der Waals surface area contributed by atoms with E-state index in [0.29, 0.717) is 0 Å². The second-order valence-electron chi connectivity index (χ2n) is 13.4. The van der Waals surface area contributed by atoms with Crippen molar-refractivity contribution < 1.29 is 4.57 Å². The normalized spacial score (nSPS) is 13.0. The summed E-state index contributed by atoms with van der Waals surface area (Å²) in [5.41, 5.74) is 5.56. The molecule has 0 atom stereocenters. The van der Waals surface area contributed by atoms with Gasteiger partial charge in [0.15, 0.2) is 6.20 Å². The molecule has 0 unspecified atom stereocenters. The number of rotatable bonds is 8. The van der Waals surface area contributed by atoms with Crippen LogP contribution in [0.15, 0.2) is 48.7 Å². The van der Waals surface area contributed by atoms with E-state index in [4.69, 9.17) is 0 Å². The summed E-state index contributed by atoms with van der Waals surface area (Å²) in [6.45, 7) is 23.7. The van der Waals surface area contributed by atoms with Crippen molar-refractivity contribution in [2.75, 3.05) is 0 Å². The van der Waals surface area contributed by atoms with Crippen LogP contribution in [0.2, 0.25) is 18.1 Å². The summed E-state index contributed by atoms with van der Waals surface area (Å²) in [6, 6.07) is 21.1. The summed E-state index contributed by atoms with van der Waals surface area (Å²) in [5, 5.41) is 4.43. The summed E-state index contributed by atoms with van der Waals surface area (Å²) < 4.78 is 2.32. The van der Waals surface area contributed by atoms with Crippen LogP contribution < -0.4 is 9.75 Å². The lowest BCUT2D eigenvalue weighted by molar-refractivity contribution is -0.659. The largest absolute Gasteiger partial charge is 0.220 e. The summed E-state index contributed by atoms with van der Waals surface area (Å²) in [7, 11) is 0.556. The molecule has 2 aromatic carbocycles. The predicted octanol–water partition coefficient (Wildman–Crippen LogP) is 8.56. The van der Waals surface area contributed by atoms with Crippen molar-refractivity contribution >= 4 is 24.0 Å². The lowest BCUT2D eigenvalue weighted by atomic mass is 9.84. The third kappa shape index (κ3) is 6.26. The van der Waals surface area contributed by atoms with Crippen molar-refractivity contribution in [3.63, 3.8) is 0 Å². The fourth-order valence-corrected chi connectivity index (χ4v) is 13.1. The van der Waals surface area contributed by atoms with Crippen LogP contribution in [0.5, 0.6) is 0 Å². The zero-order valence-electron chi connectivity index (χ0n) is 24.4. The van der Waals surface area contributed by atoms with Crippen LogP contribution in [0.3, 0.4) is 0 Å². The molecule has 0 radical (unpaired) electrons. The van der Waals surface area contributed by atoms with Gasteiger partial charge in [-0.05, 0) is 58.7 Å². The second-order valence-corrected chi connectivity index (χ2v) is 17.8. The molecule has 1 aromatic heterocycles. The third-order valence-electron chi connectivity index (χ3n) is 7.51. The lowest BCUT2D eigenvalue weighted by Crippen LogP contribution is -2.50. The lowest BCUT2D eigenvalue weighted by Gasteiger charge is -2.37. The molecular formula is C33H50NSi+. The van der Waals surface area contributed by atoms with Crippen molar-refractivity contribution in [2.24, 2.45) is 24.8 Å². The fourth-order valence-electron chi connectivity index (χ4n) is 6.33. The highest BCUT2D eigenvalue weighted by Gasteiger charge is 2.37. The van der Waals surface area contributed by atoms with Crippen molar-refractivity contribution in [1.82, 2.24) is 0 Å². The number of benzene rings is 2. The molecule has 1 heterocycles. The van der Waals surface area contributed by atoms with E-state index in [1.165, 1.54) is 51.3 Å². The van der Waals surface area contributed by atoms with Gasteiger partial charge in [0, 0.05) is 11.6 Å². The fraction of sp³-hybridized carbons (Fsp3) is 0.545. The van der Waals surface area contributed by atoms with Crippen LogP contribution in [0.25, 0.3) is 22.0 Å². The third-order valence-corrected chi connectivity index (χ3v) is 13.8. The van der Waals surface area contributed by atoms with E-state index in [2.05, 4.69) is 130 Å². The Balaban J connectivity index is 2.25. The van der Waals surface area contributed by atoms with Crippen LogP contribution in [0.4, 0.5) is 0 Å². The van der Waals surface area contributed by atoms with Crippen molar-refractivity contribution in [3.05, 3.63) is 59.8 Å². The number of fused-ring (bicyclic) bond motifs is 1. The zero-order chi connectivity index (χ0) is 26.1. The maximum absolute atomic E-state index is 2.58. The monoisotopic (exact) mass is 488 g/mol. The SMILES string of the molecule is Cc1ccc(C(C)(C)C)cc1-c1c2ccc([Si](CC(C)C)(CC(C)C)CC(C)C)cc2cc[n+]1C. The second kappa shape index (κ2) is 10.6. The summed E-state index contributed by atoms with van der Waals surface area (Å²) in [4.78, 5) is 0. The molecule has 0 aliphatic carbocycles. The first-order chi connectivity index (χ1) is 16.2. The van der Waals surface area contributed by atoms with Gasteiger partial charge in [-0.1, -0.05) is 110 Å². The molecular weight excluding hydrogens is 438 g/mol. The van der Waals surface area contributed by atoms with E-state index in [1.807, 2.05) is 0 Å². The van der Waals surface area contributed by atoms with Crippen LogP contribution in [0.1, 0.15) is 73.4 Å². The number of hydrogen-bond acceptors (Lipinski definition) is 0. The highest BCUT2D eigenvalue weighted by molar-refractivity contribution is 6.92. The topological polar surface area (TPSA) is 3.88 Å². The van der Waals surface area contributed by atoms with Crippen molar-refractivity contribution in [2.45, 2.75) is 92.8 Å². The van der Waals surface area contributed by atoms with Gasteiger partial charge in [0.1, 0.15) is 7.05 Å². The van der Waals surface area contributed by atoms with E-state index in [9.17, 15) is 0 Å². The van der Waals surface area contributed by atoms with Gasteiger partial charge in [0.25, 0.3) is 0 Å². The smallest absolute Gasteiger partial charge is 0.200 e. The Labute approximate surface area is 217 Å². The molecule has 0 saturated carbocycles. The molecule has 35 heavy (non-hydrogen) atoms. The Bertz CT molecular complexity index is 1140. The molecule has 3 rings (SSSR count). The number of aryl methyl sites for hydroxylation is 2. The Hall–Kier alpha value is -1.93. The Morgan fingerprint density at radius 2 is 1.34 bits per heavy atom. The number of nitrogens with zero attached hydrogens (tertiary/aromatic N) is 1. The minimum atomic E-state index is -1.64. The van der Waals surface area contributed by atoms with Gasteiger partial charge in [-0.3, -0.25) is 0 Å². The molecule has 0 aliphatic heterocycles. The minimum absolute atomic E-state index is 0.133. The van der Waals surface area contributed by atoms with Gasteiger partial charge in [-0.25, -0.2) is 4.57 Å². The van der Waals surface area contributed by atoms with Gasteiger partial charge >= 0.3 is 0 Å². The molecule has 2 heteroatoms.